The highest BCUT2D eigenvalue weighted by molar-refractivity contribution is 7.20. The molecule has 23 heavy (non-hydrogen) atoms. The first-order valence-corrected chi connectivity index (χ1v) is 9.00. The molecule has 0 amide bonds. The van der Waals surface area contributed by atoms with Crippen LogP contribution in [0.25, 0.3) is 10.2 Å². The summed E-state index contributed by atoms with van der Waals surface area (Å²) >= 11 is 1.62. The van der Waals surface area contributed by atoms with Crippen molar-refractivity contribution in [3.05, 3.63) is 23.2 Å². The molecule has 2 fully saturated rings. The third-order valence-electron chi connectivity index (χ3n) is 5.59. The van der Waals surface area contributed by atoms with Crippen LogP contribution in [0.4, 0.5) is 0 Å². The minimum absolute atomic E-state index is 0.362. The van der Waals surface area contributed by atoms with Gasteiger partial charge in [-0.1, -0.05) is 0 Å². The zero-order valence-corrected chi connectivity index (χ0v) is 14.9. The smallest absolute Gasteiger partial charge is 0.399 e. The van der Waals surface area contributed by atoms with Crippen LogP contribution in [0.1, 0.15) is 51.8 Å². The van der Waals surface area contributed by atoms with E-state index in [9.17, 15) is 5.11 Å². The lowest BCUT2D eigenvalue weighted by molar-refractivity contribution is -0.0353. The second kappa shape index (κ2) is 4.79. The summed E-state index contributed by atoms with van der Waals surface area (Å²) in [6.07, 6.45) is 4.56. The molecule has 0 aromatic carbocycles. The van der Waals surface area contributed by atoms with Crippen LogP contribution in [0.5, 0.6) is 0 Å². The molecule has 122 valence electrons. The molecule has 3 heterocycles. The van der Waals surface area contributed by atoms with E-state index in [0.29, 0.717) is 0 Å². The monoisotopic (exact) mass is 331 g/mol. The van der Waals surface area contributed by atoms with Gasteiger partial charge in [0.05, 0.1) is 27.0 Å². The fourth-order valence-corrected chi connectivity index (χ4v) is 4.38. The van der Waals surface area contributed by atoms with Crippen molar-refractivity contribution in [2.24, 2.45) is 0 Å². The molecule has 2 aliphatic rings. The lowest BCUT2D eigenvalue weighted by atomic mass is 9.78. The largest absolute Gasteiger partial charge is 0.496 e. The molecule has 2 aromatic rings. The Morgan fingerprint density at radius 3 is 2.39 bits per heavy atom. The van der Waals surface area contributed by atoms with Crippen molar-refractivity contribution >= 4 is 34.1 Å². The fraction of sp³-hybridized carbons (Fsp3) is 0.588. The van der Waals surface area contributed by atoms with E-state index in [1.807, 2.05) is 12.1 Å². The number of aromatic nitrogens is 1. The van der Waals surface area contributed by atoms with Crippen LogP contribution in [-0.2, 0) is 14.9 Å². The molecule has 1 aliphatic heterocycles. The second-order valence-corrected chi connectivity index (χ2v) is 8.75. The predicted octanol–water partition coefficient (Wildman–Crippen LogP) is 2.97. The van der Waals surface area contributed by atoms with E-state index in [2.05, 4.69) is 32.7 Å². The van der Waals surface area contributed by atoms with Gasteiger partial charge in [0.1, 0.15) is 0 Å². The number of nitrogens with zero attached hydrogens (tertiary/aromatic N) is 1. The highest BCUT2D eigenvalue weighted by Crippen LogP contribution is 2.45. The standard InChI is InChI=1S/C17H22BNO3S/c1-15(2)16(3,4)22-18(21-15)11-6-9-19-12-10-13(23-14(11)12)17(20)7-5-8-17/h6,9-10,20H,5,7-8H2,1-4H3. The summed E-state index contributed by atoms with van der Waals surface area (Å²) in [5, 5.41) is 10.6. The van der Waals surface area contributed by atoms with Gasteiger partial charge in [0.15, 0.2) is 0 Å². The summed E-state index contributed by atoms with van der Waals surface area (Å²) in [6.45, 7) is 8.23. The summed E-state index contributed by atoms with van der Waals surface area (Å²) in [7, 11) is -0.395. The maximum atomic E-state index is 10.6. The number of rotatable bonds is 2. The van der Waals surface area contributed by atoms with Gasteiger partial charge in [0.2, 0.25) is 0 Å². The molecule has 0 spiro atoms. The number of thiophene rings is 1. The lowest BCUT2D eigenvalue weighted by Gasteiger charge is -2.35. The first kappa shape index (κ1) is 15.6. The number of fused-ring (bicyclic) bond motifs is 1. The van der Waals surface area contributed by atoms with Gasteiger partial charge < -0.3 is 14.4 Å². The number of aliphatic hydroxyl groups is 1. The predicted molar refractivity (Wildman–Crippen MR) is 93.1 cm³/mol. The van der Waals surface area contributed by atoms with Crippen LogP contribution < -0.4 is 5.46 Å². The summed E-state index contributed by atoms with van der Waals surface area (Å²) in [6, 6.07) is 3.99. The van der Waals surface area contributed by atoms with Gasteiger partial charge in [-0.2, -0.15) is 0 Å². The van der Waals surface area contributed by atoms with Gasteiger partial charge in [-0.15, -0.1) is 11.3 Å². The summed E-state index contributed by atoms with van der Waals surface area (Å²) in [4.78, 5) is 5.48. The van der Waals surface area contributed by atoms with Crippen molar-refractivity contribution in [2.45, 2.75) is 63.8 Å². The van der Waals surface area contributed by atoms with Gasteiger partial charge in [-0.3, -0.25) is 4.98 Å². The Morgan fingerprint density at radius 1 is 1.17 bits per heavy atom. The number of pyridine rings is 1. The topological polar surface area (TPSA) is 51.6 Å². The van der Waals surface area contributed by atoms with Gasteiger partial charge in [-0.25, -0.2) is 0 Å². The van der Waals surface area contributed by atoms with Gasteiger partial charge in [0, 0.05) is 16.5 Å². The van der Waals surface area contributed by atoms with Crippen molar-refractivity contribution in [1.29, 1.82) is 0 Å². The van der Waals surface area contributed by atoms with E-state index < -0.39 is 12.7 Å². The fourth-order valence-electron chi connectivity index (χ4n) is 3.10. The molecule has 4 rings (SSSR count). The molecule has 0 bridgehead atoms. The molecule has 1 aliphatic carbocycles. The third-order valence-corrected chi connectivity index (χ3v) is 6.96. The van der Waals surface area contributed by atoms with E-state index in [1.165, 1.54) is 0 Å². The molecule has 1 N–H and O–H groups in total. The molecule has 0 atom stereocenters. The van der Waals surface area contributed by atoms with Crippen molar-refractivity contribution in [3.63, 3.8) is 0 Å². The summed E-state index contributed by atoms with van der Waals surface area (Å²) in [5.74, 6) is 0. The Hall–Kier alpha value is -0.945. The Morgan fingerprint density at radius 2 is 1.83 bits per heavy atom. The molecule has 4 nitrogen and oxygen atoms in total. The quantitative estimate of drug-likeness (QED) is 0.860. The van der Waals surface area contributed by atoms with Gasteiger partial charge in [0.25, 0.3) is 0 Å². The molecule has 6 heteroatoms. The average Bonchev–Trinajstić information content (AvgIpc) is 2.95. The zero-order valence-electron chi connectivity index (χ0n) is 14.0. The van der Waals surface area contributed by atoms with Crippen molar-refractivity contribution in [3.8, 4) is 0 Å². The van der Waals surface area contributed by atoms with Crippen LogP contribution in [0.2, 0.25) is 0 Å². The van der Waals surface area contributed by atoms with E-state index >= 15 is 0 Å². The van der Waals surface area contributed by atoms with E-state index in [4.69, 9.17) is 9.31 Å². The van der Waals surface area contributed by atoms with E-state index in [1.54, 1.807) is 17.5 Å². The molecule has 1 saturated carbocycles. The maximum absolute atomic E-state index is 10.6. The second-order valence-electron chi connectivity index (χ2n) is 7.70. The molecule has 2 aromatic heterocycles. The number of hydrogen-bond donors (Lipinski definition) is 1. The molecule has 0 radical (unpaired) electrons. The highest BCUT2D eigenvalue weighted by Gasteiger charge is 2.52. The highest BCUT2D eigenvalue weighted by atomic mass is 32.1. The summed E-state index contributed by atoms with van der Waals surface area (Å²) in [5.41, 5.74) is 0.544. The molecular weight excluding hydrogens is 309 g/mol. The lowest BCUT2D eigenvalue weighted by Crippen LogP contribution is -2.41. The number of hydrogen-bond acceptors (Lipinski definition) is 5. The first-order valence-electron chi connectivity index (χ1n) is 8.19. The third kappa shape index (κ3) is 2.27. The van der Waals surface area contributed by atoms with E-state index in [-0.39, 0.29) is 11.2 Å². The molecular formula is C17H22BNO3S. The Kier molecular flexibility index (Phi) is 3.24. The van der Waals surface area contributed by atoms with Crippen LogP contribution in [0.3, 0.4) is 0 Å². The Balaban J connectivity index is 1.76. The van der Waals surface area contributed by atoms with Crippen LogP contribution in [0, 0.1) is 0 Å². The zero-order chi connectivity index (χ0) is 16.5. The van der Waals surface area contributed by atoms with Gasteiger partial charge >= 0.3 is 7.12 Å². The average molecular weight is 331 g/mol. The van der Waals surface area contributed by atoms with Gasteiger partial charge in [-0.05, 0) is 59.1 Å². The normalized spacial score (nSPS) is 24.8. The Labute approximate surface area is 141 Å². The van der Waals surface area contributed by atoms with Crippen LogP contribution in [-0.4, -0.2) is 28.4 Å². The van der Waals surface area contributed by atoms with Crippen molar-refractivity contribution in [1.82, 2.24) is 4.98 Å². The SMILES string of the molecule is CC1(C)OB(c2ccnc3cc(C4(O)CCC4)sc23)OC1(C)C. The van der Waals surface area contributed by atoms with Crippen molar-refractivity contribution < 1.29 is 14.4 Å². The van der Waals surface area contributed by atoms with Crippen molar-refractivity contribution in [2.75, 3.05) is 0 Å². The maximum Gasteiger partial charge on any atom is 0.496 e. The summed E-state index contributed by atoms with van der Waals surface area (Å²) < 4.78 is 13.4. The van der Waals surface area contributed by atoms with Crippen LogP contribution in [0.15, 0.2) is 18.3 Å². The molecule has 1 saturated heterocycles. The first-order chi connectivity index (χ1) is 10.7. The van der Waals surface area contributed by atoms with E-state index in [0.717, 1.165) is 39.8 Å². The minimum Gasteiger partial charge on any atom is -0.399 e. The van der Waals surface area contributed by atoms with Crippen LogP contribution >= 0.6 is 11.3 Å². The molecule has 0 unspecified atom stereocenters. The minimum atomic E-state index is -0.654. The Bertz CT molecular complexity index is 750.